The molecule has 0 aromatic heterocycles. The maximum atomic E-state index is 11.8. The van der Waals surface area contributed by atoms with Crippen LogP contribution in [0.15, 0.2) is 48.5 Å². The Bertz CT molecular complexity index is 1750. The molecule has 1 fully saturated rings. The minimum atomic E-state index is -1.67. The molecule has 16 heteroatoms. The molecule has 16 nitrogen and oxygen atoms in total. The number of phenolic OH excluding ortho intramolecular Hbond substituents is 1. The van der Waals surface area contributed by atoms with E-state index >= 15 is 0 Å². The number of benzene rings is 3. The van der Waals surface area contributed by atoms with Gasteiger partial charge < -0.3 is 64.2 Å². The quantitative estimate of drug-likeness (QED) is 0.0781. The van der Waals surface area contributed by atoms with Crippen molar-refractivity contribution < 1.29 is 72.9 Å². The number of aliphatic carboxylic acids is 1. The number of fused-ring (bicyclic) bond motifs is 6. The summed E-state index contributed by atoms with van der Waals surface area (Å²) < 4.78 is 40.1. The van der Waals surface area contributed by atoms with Crippen LogP contribution in [0.5, 0.6) is 34.5 Å². The van der Waals surface area contributed by atoms with Crippen molar-refractivity contribution in [3.63, 3.8) is 0 Å². The van der Waals surface area contributed by atoms with Crippen LogP contribution in [-0.2, 0) is 35.1 Å². The summed E-state index contributed by atoms with van der Waals surface area (Å²) in [7, 11) is 0. The molecule has 0 amide bonds. The molecule has 7 atom stereocenters. The Balaban J connectivity index is 1.15. The van der Waals surface area contributed by atoms with E-state index in [4.69, 9.17) is 53.8 Å². The number of carboxylic acid groups (broad SMARTS) is 1. The molecule has 4 heterocycles. The monoisotopic (exact) mass is 697 g/mol. The zero-order chi connectivity index (χ0) is 34.9. The van der Waals surface area contributed by atoms with Crippen LogP contribution < -0.4 is 29.6 Å². The van der Waals surface area contributed by atoms with Crippen molar-refractivity contribution in [3.05, 3.63) is 70.8 Å². The maximum Gasteiger partial charge on any atom is 0.317 e. The van der Waals surface area contributed by atoms with Gasteiger partial charge in [-0.15, -0.1) is 0 Å². The highest BCUT2D eigenvalue weighted by Gasteiger charge is 2.48. The molecule has 0 spiro atoms. The minimum absolute atomic E-state index is 0.0295. The van der Waals surface area contributed by atoms with Crippen LogP contribution in [0.25, 0.3) is 0 Å². The number of phenols is 1. The predicted molar refractivity (Wildman–Crippen MR) is 166 cm³/mol. The number of nitrogens with two attached hydrogens (primary N) is 1. The standard InChI is InChI=1S/C34H35NO15/c35-4-5-42-34-33(31(41)30(40)27(48-34)14-44-29(39)12-28(37)38)50-49-22-10-20-23(8-17(22)6-16-2-1-3-18(36)7-16)43-13-21-19-9-25-26(46-15-45-25)11-24(19)47-32(20)21/h1-3,7-11,21,27,30-34,36,40-41H,4-6,12-15,35H2,(H,37,38). The largest absolute Gasteiger partial charge is 0.508 e. The lowest BCUT2D eigenvalue weighted by molar-refractivity contribution is -0.372. The van der Waals surface area contributed by atoms with Gasteiger partial charge in [-0.1, -0.05) is 12.1 Å². The van der Waals surface area contributed by atoms with Crippen molar-refractivity contribution in [2.45, 2.75) is 55.6 Å². The van der Waals surface area contributed by atoms with Gasteiger partial charge in [0.05, 0.1) is 19.1 Å². The van der Waals surface area contributed by atoms with Crippen LogP contribution in [0.4, 0.5) is 0 Å². The van der Waals surface area contributed by atoms with Crippen LogP contribution in [0.2, 0.25) is 0 Å². The lowest BCUT2D eigenvalue weighted by Crippen LogP contribution is -2.60. The molecular formula is C34H35NO15. The zero-order valence-electron chi connectivity index (χ0n) is 26.5. The Morgan fingerprint density at radius 3 is 2.54 bits per heavy atom. The van der Waals surface area contributed by atoms with Crippen molar-refractivity contribution in [1.29, 1.82) is 0 Å². The fraction of sp³-hybridized carbons (Fsp3) is 0.412. The number of ether oxygens (including phenoxy) is 7. The zero-order valence-corrected chi connectivity index (χ0v) is 26.5. The molecule has 0 aliphatic carbocycles. The number of aromatic hydroxyl groups is 1. The van der Waals surface area contributed by atoms with E-state index in [0.29, 0.717) is 40.7 Å². The first-order chi connectivity index (χ1) is 24.2. The molecule has 0 saturated carbocycles. The van der Waals surface area contributed by atoms with Gasteiger partial charge in [0, 0.05) is 35.7 Å². The van der Waals surface area contributed by atoms with Gasteiger partial charge >= 0.3 is 11.9 Å². The summed E-state index contributed by atoms with van der Waals surface area (Å²) in [5.41, 5.74) is 8.55. The summed E-state index contributed by atoms with van der Waals surface area (Å²) >= 11 is 0. The third-order valence-corrected chi connectivity index (χ3v) is 8.74. The van der Waals surface area contributed by atoms with E-state index in [9.17, 15) is 24.9 Å². The number of carbonyl (C=O) groups is 2. The van der Waals surface area contributed by atoms with Crippen LogP contribution in [0, 0.1) is 0 Å². The van der Waals surface area contributed by atoms with Crippen molar-refractivity contribution >= 4 is 11.9 Å². The maximum absolute atomic E-state index is 11.8. The topological polar surface area (TPSA) is 224 Å². The lowest BCUT2D eigenvalue weighted by atomic mass is 9.88. The number of rotatable bonds is 12. The third kappa shape index (κ3) is 6.81. The highest BCUT2D eigenvalue weighted by molar-refractivity contribution is 5.90. The van der Waals surface area contributed by atoms with E-state index in [-0.39, 0.29) is 43.8 Å². The Morgan fingerprint density at radius 1 is 0.940 bits per heavy atom. The number of carboxylic acids is 1. The molecule has 7 unspecified atom stereocenters. The van der Waals surface area contributed by atoms with Crippen molar-refractivity contribution in [1.82, 2.24) is 0 Å². The van der Waals surface area contributed by atoms with Crippen LogP contribution in [0.3, 0.4) is 0 Å². The average molecular weight is 698 g/mol. The second kappa shape index (κ2) is 14.2. The molecule has 3 aromatic rings. The predicted octanol–water partition coefficient (Wildman–Crippen LogP) is 1.44. The average Bonchev–Trinajstić information content (AvgIpc) is 3.70. The van der Waals surface area contributed by atoms with Crippen molar-refractivity contribution in [2.75, 3.05) is 33.2 Å². The highest BCUT2D eigenvalue weighted by atomic mass is 17.2. The van der Waals surface area contributed by atoms with Gasteiger partial charge in [0.15, 0.2) is 29.6 Å². The van der Waals surface area contributed by atoms with Gasteiger partial charge in [0.25, 0.3) is 0 Å². The second-order valence-electron chi connectivity index (χ2n) is 12.1. The first-order valence-electron chi connectivity index (χ1n) is 15.9. The molecule has 0 bridgehead atoms. The van der Waals surface area contributed by atoms with E-state index in [1.165, 1.54) is 0 Å². The lowest BCUT2D eigenvalue weighted by Gasteiger charge is -2.41. The van der Waals surface area contributed by atoms with E-state index in [0.717, 1.165) is 11.1 Å². The minimum Gasteiger partial charge on any atom is -0.508 e. The molecule has 4 aliphatic heterocycles. The Kier molecular flexibility index (Phi) is 9.54. The fourth-order valence-electron chi connectivity index (χ4n) is 6.34. The Morgan fingerprint density at radius 2 is 1.76 bits per heavy atom. The molecule has 266 valence electrons. The van der Waals surface area contributed by atoms with E-state index < -0.39 is 61.8 Å². The van der Waals surface area contributed by atoms with Crippen molar-refractivity contribution in [3.8, 4) is 34.5 Å². The smallest absolute Gasteiger partial charge is 0.317 e. The summed E-state index contributed by atoms with van der Waals surface area (Å²) in [6.45, 7) is -0.0483. The molecule has 1 saturated heterocycles. The number of hydrogen-bond acceptors (Lipinski definition) is 15. The number of esters is 1. The van der Waals surface area contributed by atoms with Crippen LogP contribution in [0.1, 0.15) is 40.7 Å². The van der Waals surface area contributed by atoms with Gasteiger partial charge in [0.1, 0.15) is 54.7 Å². The van der Waals surface area contributed by atoms with Crippen LogP contribution in [-0.4, -0.2) is 96.2 Å². The van der Waals surface area contributed by atoms with Gasteiger partial charge in [-0.05, 0) is 35.9 Å². The van der Waals surface area contributed by atoms with Crippen LogP contribution >= 0.6 is 0 Å². The summed E-state index contributed by atoms with van der Waals surface area (Å²) in [4.78, 5) is 34.3. The molecule has 7 rings (SSSR count). The summed E-state index contributed by atoms with van der Waals surface area (Å²) in [5, 5.41) is 40.9. The number of aliphatic hydroxyl groups excluding tert-OH is 2. The summed E-state index contributed by atoms with van der Waals surface area (Å²) in [5.74, 6) is 0.0948. The first kappa shape index (κ1) is 33.6. The molecule has 6 N–H and O–H groups in total. The van der Waals surface area contributed by atoms with Gasteiger partial charge in [0.2, 0.25) is 6.79 Å². The highest BCUT2D eigenvalue weighted by Crippen LogP contribution is 2.55. The molecular weight excluding hydrogens is 662 g/mol. The third-order valence-electron chi connectivity index (χ3n) is 8.74. The summed E-state index contributed by atoms with van der Waals surface area (Å²) in [6.07, 6.45) is -8.45. The Labute approximate surface area is 284 Å². The van der Waals surface area contributed by atoms with Gasteiger partial charge in [-0.2, -0.15) is 4.89 Å². The van der Waals surface area contributed by atoms with E-state index in [1.54, 1.807) is 36.4 Å². The Hall–Kier alpha value is -4.84. The SMILES string of the molecule is NCCOC1OC(COC(=O)CC(=O)O)C(O)C(O)C1OOc1cc2c(cc1Cc1cccc(O)c1)OCC1c3cc4c(cc3OC21)OCO4. The number of carbonyl (C=O) groups excluding carboxylic acids is 1. The van der Waals surface area contributed by atoms with Gasteiger partial charge in [-0.25, -0.2) is 0 Å². The van der Waals surface area contributed by atoms with Gasteiger partial charge in [-0.3, -0.25) is 9.59 Å². The fourth-order valence-corrected chi connectivity index (χ4v) is 6.34. The van der Waals surface area contributed by atoms with Crippen molar-refractivity contribution in [2.24, 2.45) is 5.73 Å². The first-order valence-corrected chi connectivity index (χ1v) is 15.9. The normalized spacial score (nSPS) is 25.8. The molecule has 4 aliphatic rings. The van der Waals surface area contributed by atoms with E-state index in [2.05, 4.69) is 0 Å². The summed E-state index contributed by atoms with van der Waals surface area (Å²) in [6, 6.07) is 13.9. The van der Waals surface area contributed by atoms with E-state index in [1.807, 2.05) is 12.1 Å². The number of hydrogen-bond donors (Lipinski definition) is 5. The molecule has 3 aromatic carbocycles. The second-order valence-corrected chi connectivity index (χ2v) is 12.1. The number of aliphatic hydroxyl groups is 2. The molecule has 50 heavy (non-hydrogen) atoms. The molecule has 0 radical (unpaired) electrons.